The van der Waals surface area contributed by atoms with Crippen LogP contribution in [-0.4, -0.2) is 75.3 Å². The molecule has 11 heteroatoms. The van der Waals surface area contributed by atoms with E-state index in [1.54, 1.807) is 13.2 Å². The molecule has 0 N–H and O–H groups in total. The monoisotopic (exact) mass is 474 g/mol. The van der Waals surface area contributed by atoms with Gasteiger partial charge in [-0.1, -0.05) is 5.16 Å². The van der Waals surface area contributed by atoms with E-state index in [-0.39, 0.29) is 4.90 Å². The van der Waals surface area contributed by atoms with Crippen LogP contribution in [0.1, 0.15) is 5.89 Å². The largest absolute Gasteiger partial charge is 0.497 e. The summed E-state index contributed by atoms with van der Waals surface area (Å²) in [6, 6.07) is 12.0. The zero-order chi connectivity index (χ0) is 23.4. The lowest BCUT2D eigenvalue weighted by atomic mass is 10.2. The fourth-order valence-corrected chi connectivity index (χ4v) is 5.06. The number of sulfonamides is 1. The summed E-state index contributed by atoms with van der Waals surface area (Å²) in [6.07, 6.45) is 0. The SMILES string of the molecule is COc1ccc(-c2noc(CN3CCN(S(=O)(=O)c4ccc(OC)c(OC)c4)CC3)n2)cc1. The second-order valence-electron chi connectivity index (χ2n) is 7.44. The third-order valence-electron chi connectivity index (χ3n) is 5.50. The second kappa shape index (κ2) is 9.77. The van der Waals surface area contributed by atoms with Crippen LogP contribution in [-0.2, 0) is 16.6 Å². The average molecular weight is 475 g/mol. The maximum absolute atomic E-state index is 13.1. The van der Waals surface area contributed by atoms with Crippen molar-refractivity contribution in [3.8, 4) is 28.6 Å². The number of aromatic nitrogens is 2. The Morgan fingerprint density at radius 1 is 0.909 bits per heavy atom. The van der Waals surface area contributed by atoms with E-state index < -0.39 is 10.0 Å². The van der Waals surface area contributed by atoms with Gasteiger partial charge in [0.25, 0.3) is 0 Å². The zero-order valence-electron chi connectivity index (χ0n) is 18.7. The third-order valence-corrected chi connectivity index (χ3v) is 7.39. The zero-order valence-corrected chi connectivity index (χ0v) is 19.5. The lowest BCUT2D eigenvalue weighted by Gasteiger charge is -2.33. The minimum absolute atomic E-state index is 0.176. The molecule has 4 rings (SSSR count). The van der Waals surface area contributed by atoms with Crippen LogP contribution >= 0.6 is 0 Å². The predicted molar refractivity (Wildman–Crippen MR) is 120 cm³/mol. The molecule has 0 amide bonds. The number of piperazine rings is 1. The molecular weight excluding hydrogens is 448 g/mol. The number of benzene rings is 2. The van der Waals surface area contributed by atoms with Crippen molar-refractivity contribution in [3.05, 3.63) is 48.4 Å². The van der Waals surface area contributed by atoms with Crippen LogP contribution in [0.2, 0.25) is 0 Å². The average Bonchev–Trinajstić information content (AvgIpc) is 3.32. The molecule has 0 unspecified atom stereocenters. The molecule has 2 heterocycles. The van der Waals surface area contributed by atoms with Gasteiger partial charge in [0.15, 0.2) is 11.5 Å². The van der Waals surface area contributed by atoms with Gasteiger partial charge in [-0.15, -0.1) is 0 Å². The summed E-state index contributed by atoms with van der Waals surface area (Å²) in [7, 11) is 0.953. The molecule has 1 aliphatic heterocycles. The van der Waals surface area contributed by atoms with Crippen molar-refractivity contribution in [2.75, 3.05) is 47.5 Å². The molecule has 176 valence electrons. The summed E-state index contributed by atoms with van der Waals surface area (Å²) in [5, 5.41) is 4.05. The van der Waals surface area contributed by atoms with Crippen LogP contribution < -0.4 is 14.2 Å². The van der Waals surface area contributed by atoms with E-state index in [0.717, 1.165) is 11.3 Å². The van der Waals surface area contributed by atoms with Gasteiger partial charge in [0, 0.05) is 37.8 Å². The van der Waals surface area contributed by atoms with Crippen molar-refractivity contribution in [2.45, 2.75) is 11.4 Å². The topological polar surface area (TPSA) is 107 Å². The minimum Gasteiger partial charge on any atom is -0.497 e. The highest BCUT2D eigenvalue weighted by Gasteiger charge is 2.30. The van der Waals surface area contributed by atoms with Crippen molar-refractivity contribution >= 4 is 10.0 Å². The van der Waals surface area contributed by atoms with Gasteiger partial charge in [0.2, 0.25) is 21.7 Å². The van der Waals surface area contributed by atoms with Crippen molar-refractivity contribution in [1.82, 2.24) is 19.3 Å². The Balaban J connectivity index is 1.37. The molecule has 10 nitrogen and oxygen atoms in total. The van der Waals surface area contributed by atoms with Gasteiger partial charge in [0.1, 0.15) is 5.75 Å². The van der Waals surface area contributed by atoms with Gasteiger partial charge >= 0.3 is 0 Å². The van der Waals surface area contributed by atoms with E-state index in [2.05, 4.69) is 15.0 Å². The van der Waals surface area contributed by atoms with Gasteiger partial charge in [-0.3, -0.25) is 4.90 Å². The lowest BCUT2D eigenvalue weighted by Crippen LogP contribution is -2.48. The van der Waals surface area contributed by atoms with Crippen molar-refractivity contribution in [2.24, 2.45) is 0 Å². The van der Waals surface area contributed by atoms with Gasteiger partial charge < -0.3 is 18.7 Å². The molecule has 3 aromatic rings. The molecule has 1 aliphatic rings. The highest BCUT2D eigenvalue weighted by Crippen LogP contribution is 2.31. The normalized spacial score (nSPS) is 15.4. The molecule has 0 saturated carbocycles. The van der Waals surface area contributed by atoms with E-state index in [1.165, 1.54) is 30.7 Å². The minimum atomic E-state index is -3.64. The molecule has 33 heavy (non-hydrogen) atoms. The number of nitrogens with zero attached hydrogens (tertiary/aromatic N) is 4. The predicted octanol–water partition coefficient (Wildman–Crippen LogP) is 2.27. The molecule has 0 bridgehead atoms. The molecule has 0 atom stereocenters. The number of hydrogen-bond donors (Lipinski definition) is 0. The smallest absolute Gasteiger partial charge is 0.243 e. The summed E-state index contributed by atoms with van der Waals surface area (Å²) in [5.74, 6) is 2.60. The summed E-state index contributed by atoms with van der Waals surface area (Å²) in [6.45, 7) is 2.26. The standard InChI is InChI=1S/C22H26N4O6S/c1-29-17-6-4-16(5-7-17)22-23-21(32-24-22)15-25-10-12-26(13-11-25)33(27,28)18-8-9-19(30-2)20(14-18)31-3/h4-9,14H,10-13,15H2,1-3H3. The maximum atomic E-state index is 13.1. The van der Waals surface area contributed by atoms with E-state index in [1.807, 2.05) is 24.3 Å². The Morgan fingerprint density at radius 2 is 1.61 bits per heavy atom. The molecule has 0 spiro atoms. The van der Waals surface area contributed by atoms with Crippen LogP contribution in [0, 0.1) is 0 Å². The Kier molecular flexibility index (Phi) is 6.82. The molecule has 2 aromatic carbocycles. The Labute approximate surface area is 192 Å². The first-order chi connectivity index (χ1) is 15.9. The quantitative estimate of drug-likeness (QED) is 0.486. The maximum Gasteiger partial charge on any atom is 0.243 e. The van der Waals surface area contributed by atoms with E-state index >= 15 is 0 Å². The number of methoxy groups -OCH3 is 3. The van der Waals surface area contributed by atoms with Crippen molar-refractivity contribution in [3.63, 3.8) is 0 Å². The van der Waals surface area contributed by atoms with Crippen molar-refractivity contribution < 1.29 is 27.2 Å². The fraction of sp³-hybridized carbons (Fsp3) is 0.364. The number of hydrogen-bond acceptors (Lipinski definition) is 9. The fourth-order valence-electron chi connectivity index (χ4n) is 3.62. The summed E-state index contributed by atoms with van der Waals surface area (Å²) < 4.78 is 48.6. The Morgan fingerprint density at radius 3 is 2.24 bits per heavy atom. The second-order valence-corrected chi connectivity index (χ2v) is 9.38. The Hall–Kier alpha value is -3.15. The van der Waals surface area contributed by atoms with Gasteiger partial charge in [0.05, 0.1) is 32.8 Å². The number of rotatable bonds is 8. The van der Waals surface area contributed by atoms with Crippen LogP contribution in [0.15, 0.2) is 51.9 Å². The highest BCUT2D eigenvalue weighted by atomic mass is 32.2. The van der Waals surface area contributed by atoms with Gasteiger partial charge in [-0.05, 0) is 36.4 Å². The first-order valence-corrected chi connectivity index (χ1v) is 11.8. The van der Waals surface area contributed by atoms with E-state index in [0.29, 0.717) is 55.9 Å². The first-order valence-electron chi connectivity index (χ1n) is 10.4. The highest BCUT2D eigenvalue weighted by molar-refractivity contribution is 7.89. The van der Waals surface area contributed by atoms with E-state index in [9.17, 15) is 8.42 Å². The van der Waals surface area contributed by atoms with Crippen LogP contribution in [0.5, 0.6) is 17.2 Å². The molecule has 0 aliphatic carbocycles. The van der Waals surface area contributed by atoms with Crippen molar-refractivity contribution in [1.29, 1.82) is 0 Å². The first kappa shape index (κ1) is 23.0. The number of ether oxygens (including phenoxy) is 3. The molecule has 0 radical (unpaired) electrons. The van der Waals surface area contributed by atoms with Gasteiger partial charge in [-0.2, -0.15) is 9.29 Å². The van der Waals surface area contributed by atoms with Crippen LogP contribution in [0.4, 0.5) is 0 Å². The molecule has 1 saturated heterocycles. The molecule has 1 aromatic heterocycles. The molecule has 1 fully saturated rings. The van der Waals surface area contributed by atoms with Gasteiger partial charge in [-0.25, -0.2) is 8.42 Å². The summed E-state index contributed by atoms with van der Waals surface area (Å²) >= 11 is 0. The van der Waals surface area contributed by atoms with Crippen LogP contribution in [0.25, 0.3) is 11.4 Å². The van der Waals surface area contributed by atoms with E-state index in [4.69, 9.17) is 18.7 Å². The molecular formula is C22H26N4O6S. The lowest BCUT2D eigenvalue weighted by molar-refractivity contribution is 0.163. The summed E-state index contributed by atoms with van der Waals surface area (Å²) in [5.41, 5.74) is 0.830. The van der Waals surface area contributed by atoms with Crippen LogP contribution in [0.3, 0.4) is 0 Å². The third kappa shape index (κ3) is 4.95. The Bertz CT molecular complexity index is 1190. The summed E-state index contributed by atoms with van der Waals surface area (Å²) in [4.78, 5) is 6.73.